The second-order valence-corrected chi connectivity index (χ2v) is 7.37. The number of nitrogens with one attached hydrogen (secondary N) is 1. The van der Waals surface area contributed by atoms with Crippen molar-refractivity contribution in [3.8, 4) is 0 Å². The van der Waals surface area contributed by atoms with Gasteiger partial charge in [-0.2, -0.15) is 0 Å². The van der Waals surface area contributed by atoms with Gasteiger partial charge in [-0.3, -0.25) is 9.59 Å². The first-order chi connectivity index (χ1) is 11.6. The van der Waals surface area contributed by atoms with Crippen molar-refractivity contribution in [2.45, 2.75) is 25.3 Å². The molecule has 126 valence electrons. The van der Waals surface area contributed by atoms with Crippen molar-refractivity contribution in [2.75, 3.05) is 13.1 Å². The Morgan fingerprint density at radius 2 is 1.88 bits per heavy atom. The molecule has 0 radical (unpaired) electrons. The lowest BCUT2D eigenvalue weighted by atomic mass is 10.0. The van der Waals surface area contributed by atoms with Gasteiger partial charge >= 0.3 is 0 Å². The maximum absolute atomic E-state index is 12.4. The number of benzene rings is 1. The Kier molecular flexibility index (Phi) is 5.53. The lowest BCUT2D eigenvalue weighted by molar-refractivity contribution is -0.121. The van der Waals surface area contributed by atoms with Gasteiger partial charge < -0.3 is 10.2 Å². The highest BCUT2D eigenvalue weighted by atomic mass is 35.5. The number of amides is 2. The molecule has 3 rings (SSSR count). The van der Waals surface area contributed by atoms with Gasteiger partial charge in [0.25, 0.3) is 5.91 Å². The van der Waals surface area contributed by atoms with Crippen molar-refractivity contribution < 1.29 is 9.59 Å². The number of nitrogens with zero attached hydrogens (tertiary/aromatic N) is 1. The van der Waals surface area contributed by atoms with Crippen molar-refractivity contribution >= 4 is 34.8 Å². The summed E-state index contributed by atoms with van der Waals surface area (Å²) < 4.78 is 0. The molecule has 2 aromatic rings. The van der Waals surface area contributed by atoms with Gasteiger partial charge in [0.05, 0.1) is 6.42 Å². The van der Waals surface area contributed by atoms with E-state index in [9.17, 15) is 9.59 Å². The Balaban J connectivity index is 1.47. The minimum Gasteiger partial charge on any atom is -0.353 e. The largest absolute Gasteiger partial charge is 0.353 e. The first-order valence-corrected chi connectivity index (χ1v) is 9.24. The van der Waals surface area contributed by atoms with E-state index >= 15 is 0 Å². The molecule has 2 amide bonds. The van der Waals surface area contributed by atoms with Gasteiger partial charge in [-0.25, -0.2) is 0 Å². The number of halogens is 1. The first-order valence-electron chi connectivity index (χ1n) is 7.98. The van der Waals surface area contributed by atoms with Crippen LogP contribution in [0.3, 0.4) is 0 Å². The Labute approximate surface area is 150 Å². The number of carbonyl (C=O) groups excluding carboxylic acids is 2. The molecule has 0 unspecified atom stereocenters. The average molecular weight is 363 g/mol. The van der Waals surface area contributed by atoms with E-state index in [2.05, 4.69) is 5.32 Å². The summed E-state index contributed by atoms with van der Waals surface area (Å²) in [7, 11) is 0. The predicted molar refractivity (Wildman–Crippen MR) is 96.5 cm³/mol. The summed E-state index contributed by atoms with van der Waals surface area (Å²) in [6.07, 6.45) is 2.01. The van der Waals surface area contributed by atoms with E-state index in [1.54, 1.807) is 35.6 Å². The third kappa shape index (κ3) is 4.36. The van der Waals surface area contributed by atoms with Gasteiger partial charge in [0.1, 0.15) is 0 Å². The molecular weight excluding hydrogens is 344 g/mol. The fourth-order valence-electron chi connectivity index (χ4n) is 2.85. The predicted octanol–water partition coefficient (Wildman–Crippen LogP) is 3.37. The molecule has 2 heterocycles. The highest BCUT2D eigenvalue weighted by Crippen LogP contribution is 2.16. The normalized spacial score (nSPS) is 15.3. The molecule has 1 aromatic heterocycles. The fourth-order valence-corrected chi connectivity index (χ4v) is 3.68. The summed E-state index contributed by atoms with van der Waals surface area (Å²) in [6, 6.07) is 11.0. The number of carbonyl (C=O) groups is 2. The van der Waals surface area contributed by atoms with Crippen molar-refractivity contribution in [2.24, 2.45) is 0 Å². The number of hydrogen-bond acceptors (Lipinski definition) is 3. The lowest BCUT2D eigenvalue weighted by Crippen LogP contribution is -2.46. The first kappa shape index (κ1) is 17.0. The molecule has 1 saturated heterocycles. The van der Waals surface area contributed by atoms with Gasteiger partial charge in [-0.05, 0) is 48.6 Å². The van der Waals surface area contributed by atoms with Crippen molar-refractivity contribution in [1.82, 2.24) is 10.2 Å². The van der Waals surface area contributed by atoms with E-state index in [4.69, 9.17) is 11.6 Å². The SMILES string of the molecule is O=C(Cc1cccs1)NC1CCN(C(=O)c2ccc(Cl)cc2)CC1. The summed E-state index contributed by atoms with van der Waals surface area (Å²) in [5.74, 6) is 0.0787. The van der Waals surface area contributed by atoms with Crippen molar-refractivity contribution in [3.63, 3.8) is 0 Å². The summed E-state index contributed by atoms with van der Waals surface area (Å²) in [4.78, 5) is 27.4. The van der Waals surface area contributed by atoms with E-state index < -0.39 is 0 Å². The molecular formula is C18H19ClN2O2S. The zero-order valence-electron chi connectivity index (χ0n) is 13.2. The molecule has 0 saturated carbocycles. The highest BCUT2D eigenvalue weighted by molar-refractivity contribution is 7.10. The van der Waals surface area contributed by atoms with Crippen molar-refractivity contribution in [1.29, 1.82) is 0 Å². The van der Waals surface area contributed by atoms with E-state index in [-0.39, 0.29) is 17.9 Å². The van der Waals surface area contributed by atoms with E-state index in [0.29, 0.717) is 30.1 Å². The molecule has 24 heavy (non-hydrogen) atoms. The highest BCUT2D eigenvalue weighted by Gasteiger charge is 2.24. The quantitative estimate of drug-likeness (QED) is 0.906. The number of piperidine rings is 1. The Morgan fingerprint density at radius 3 is 2.50 bits per heavy atom. The Hall–Kier alpha value is -1.85. The van der Waals surface area contributed by atoms with Crippen LogP contribution in [-0.2, 0) is 11.2 Å². The van der Waals surface area contributed by atoms with Crippen LogP contribution in [0.1, 0.15) is 28.1 Å². The average Bonchev–Trinajstić information content (AvgIpc) is 3.08. The standard InChI is InChI=1S/C18H19ClN2O2S/c19-14-5-3-13(4-6-14)18(23)21-9-7-15(8-10-21)20-17(22)12-16-2-1-11-24-16/h1-6,11,15H,7-10,12H2,(H,20,22). The van der Waals surface area contributed by atoms with Crippen LogP contribution < -0.4 is 5.32 Å². The van der Waals surface area contributed by atoms with Gasteiger partial charge in [0.2, 0.25) is 5.91 Å². The third-order valence-corrected chi connectivity index (χ3v) is 5.28. The number of hydrogen-bond donors (Lipinski definition) is 1. The molecule has 0 bridgehead atoms. The molecule has 1 aliphatic rings. The van der Waals surface area contributed by atoms with Crippen LogP contribution in [0, 0.1) is 0 Å². The van der Waals surface area contributed by atoms with E-state index in [0.717, 1.165) is 17.7 Å². The third-order valence-electron chi connectivity index (χ3n) is 4.15. The van der Waals surface area contributed by atoms with Gasteiger partial charge in [0.15, 0.2) is 0 Å². The van der Waals surface area contributed by atoms with E-state index in [1.165, 1.54) is 0 Å². The fraction of sp³-hybridized carbons (Fsp3) is 0.333. The van der Waals surface area contributed by atoms with E-state index in [1.807, 2.05) is 22.4 Å². The number of rotatable bonds is 4. The molecule has 0 spiro atoms. The summed E-state index contributed by atoms with van der Waals surface area (Å²) >= 11 is 7.45. The van der Waals surface area contributed by atoms with Crippen LogP contribution in [0.15, 0.2) is 41.8 Å². The van der Waals surface area contributed by atoms with Crippen LogP contribution in [-0.4, -0.2) is 35.8 Å². The number of thiophene rings is 1. The second-order valence-electron chi connectivity index (χ2n) is 5.90. The zero-order valence-corrected chi connectivity index (χ0v) is 14.8. The summed E-state index contributed by atoms with van der Waals surface area (Å²) in [5, 5.41) is 5.68. The maximum Gasteiger partial charge on any atom is 0.253 e. The van der Waals surface area contributed by atoms with Crippen LogP contribution in [0.2, 0.25) is 5.02 Å². The zero-order chi connectivity index (χ0) is 16.9. The summed E-state index contributed by atoms with van der Waals surface area (Å²) in [6.45, 7) is 1.32. The Bertz CT molecular complexity index is 692. The lowest BCUT2D eigenvalue weighted by Gasteiger charge is -2.32. The molecule has 1 aromatic carbocycles. The summed E-state index contributed by atoms with van der Waals surface area (Å²) in [5.41, 5.74) is 0.652. The smallest absolute Gasteiger partial charge is 0.253 e. The molecule has 0 atom stereocenters. The van der Waals surface area contributed by atoms with Crippen LogP contribution in [0.4, 0.5) is 0 Å². The second kappa shape index (κ2) is 7.81. The van der Waals surface area contributed by atoms with Crippen LogP contribution >= 0.6 is 22.9 Å². The maximum atomic E-state index is 12.4. The molecule has 0 aliphatic carbocycles. The minimum absolute atomic E-state index is 0.0232. The van der Waals surface area contributed by atoms with Gasteiger partial charge in [-0.15, -0.1) is 11.3 Å². The molecule has 1 fully saturated rings. The molecule has 1 N–H and O–H groups in total. The van der Waals surface area contributed by atoms with Crippen molar-refractivity contribution in [3.05, 3.63) is 57.2 Å². The van der Waals surface area contributed by atoms with Crippen LogP contribution in [0.25, 0.3) is 0 Å². The molecule has 6 heteroatoms. The van der Waals surface area contributed by atoms with Crippen LogP contribution in [0.5, 0.6) is 0 Å². The topological polar surface area (TPSA) is 49.4 Å². The monoisotopic (exact) mass is 362 g/mol. The number of likely N-dealkylation sites (tertiary alicyclic amines) is 1. The van der Waals surface area contributed by atoms with Gasteiger partial charge in [-0.1, -0.05) is 17.7 Å². The van der Waals surface area contributed by atoms with Gasteiger partial charge in [0, 0.05) is 34.6 Å². The minimum atomic E-state index is 0.0232. The molecule has 4 nitrogen and oxygen atoms in total. The Morgan fingerprint density at radius 1 is 1.17 bits per heavy atom. The molecule has 1 aliphatic heterocycles.